The maximum atomic E-state index is 14.3. The SMILES string of the molecule is O=C(Nc1cc(F)cc(F)c1C(=O)OCc1ccc([N+](=O)[O-])cc1)c1ccccc1. The number of hydrogen-bond donors (Lipinski definition) is 1. The average Bonchev–Trinajstić information content (AvgIpc) is 2.72. The number of carbonyl (C=O) groups is 2. The minimum absolute atomic E-state index is 0.138. The van der Waals surface area contributed by atoms with Crippen molar-refractivity contribution in [3.05, 3.63) is 105 Å². The number of nitro groups is 1. The molecule has 7 nitrogen and oxygen atoms in total. The minimum atomic E-state index is -1.20. The number of anilines is 1. The van der Waals surface area contributed by atoms with Gasteiger partial charge in [-0.3, -0.25) is 14.9 Å². The number of nitrogens with zero attached hydrogens (tertiary/aromatic N) is 1. The van der Waals surface area contributed by atoms with Gasteiger partial charge in [0.2, 0.25) is 0 Å². The summed E-state index contributed by atoms with van der Waals surface area (Å²) >= 11 is 0. The summed E-state index contributed by atoms with van der Waals surface area (Å²) in [7, 11) is 0. The molecule has 0 aromatic heterocycles. The third kappa shape index (κ3) is 4.82. The number of hydrogen-bond acceptors (Lipinski definition) is 5. The van der Waals surface area contributed by atoms with Gasteiger partial charge >= 0.3 is 5.97 Å². The largest absolute Gasteiger partial charge is 0.457 e. The molecule has 3 rings (SSSR count). The van der Waals surface area contributed by atoms with Gasteiger partial charge in [0, 0.05) is 23.8 Å². The normalized spacial score (nSPS) is 10.3. The van der Waals surface area contributed by atoms with E-state index in [-0.39, 0.29) is 23.5 Å². The summed E-state index contributed by atoms with van der Waals surface area (Å²) < 4.78 is 33.0. The monoisotopic (exact) mass is 412 g/mol. The van der Waals surface area contributed by atoms with Crippen molar-refractivity contribution in [2.45, 2.75) is 6.61 Å². The van der Waals surface area contributed by atoms with Crippen LogP contribution in [0.15, 0.2) is 66.7 Å². The number of rotatable bonds is 6. The number of benzene rings is 3. The Morgan fingerprint density at radius 3 is 2.30 bits per heavy atom. The molecular formula is C21H14F2N2O5. The molecule has 0 aliphatic heterocycles. The van der Waals surface area contributed by atoms with Crippen LogP contribution in [0.4, 0.5) is 20.2 Å². The van der Waals surface area contributed by atoms with Crippen molar-refractivity contribution in [3.63, 3.8) is 0 Å². The standard InChI is InChI=1S/C21H14F2N2O5/c22-15-10-17(23)19(18(11-15)24-20(26)14-4-2-1-3-5-14)21(27)30-12-13-6-8-16(9-7-13)25(28)29/h1-11H,12H2,(H,24,26). The molecule has 0 saturated heterocycles. The summed E-state index contributed by atoms with van der Waals surface area (Å²) in [4.78, 5) is 34.8. The van der Waals surface area contributed by atoms with Crippen LogP contribution < -0.4 is 5.32 Å². The molecule has 1 N–H and O–H groups in total. The van der Waals surface area contributed by atoms with Gasteiger partial charge in [0.25, 0.3) is 11.6 Å². The number of nitrogens with one attached hydrogen (secondary N) is 1. The minimum Gasteiger partial charge on any atom is -0.457 e. The van der Waals surface area contributed by atoms with E-state index in [1.807, 2.05) is 0 Å². The van der Waals surface area contributed by atoms with Gasteiger partial charge in [-0.2, -0.15) is 0 Å². The second-order valence-corrected chi connectivity index (χ2v) is 6.13. The number of non-ortho nitro benzene ring substituents is 1. The summed E-state index contributed by atoms with van der Waals surface area (Å²) in [5.74, 6) is -3.98. The first kappa shape index (κ1) is 20.6. The first-order valence-electron chi connectivity index (χ1n) is 8.61. The van der Waals surface area contributed by atoms with Crippen LogP contribution in [-0.2, 0) is 11.3 Å². The number of amides is 1. The van der Waals surface area contributed by atoms with Crippen molar-refractivity contribution in [2.24, 2.45) is 0 Å². The van der Waals surface area contributed by atoms with Crippen molar-refractivity contribution in [1.29, 1.82) is 0 Å². The zero-order valence-electron chi connectivity index (χ0n) is 15.3. The summed E-state index contributed by atoms with van der Waals surface area (Å²) in [5.41, 5.74) is -0.503. The maximum absolute atomic E-state index is 14.3. The van der Waals surface area contributed by atoms with Crippen molar-refractivity contribution < 1.29 is 28.0 Å². The molecule has 0 aliphatic rings. The van der Waals surface area contributed by atoms with Crippen LogP contribution in [-0.4, -0.2) is 16.8 Å². The van der Waals surface area contributed by atoms with Crippen LogP contribution in [0.5, 0.6) is 0 Å². The van der Waals surface area contributed by atoms with E-state index < -0.39 is 34.0 Å². The predicted octanol–water partition coefficient (Wildman–Crippen LogP) is 4.48. The molecule has 0 unspecified atom stereocenters. The van der Waals surface area contributed by atoms with E-state index in [9.17, 15) is 28.5 Å². The fourth-order valence-electron chi connectivity index (χ4n) is 2.60. The van der Waals surface area contributed by atoms with Crippen LogP contribution in [0.1, 0.15) is 26.3 Å². The van der Waals surface area contributed by atoms with Gasteiger partial charge in [-0.25, -0.2) is 13.6 Å². The third-order valence-electron chi connectivity index (χ3n) is 4.06. The molecule has 0 heterocycles. The maximum Gasteiger partial charge on any atom is 0.343 e. The Morgan fingerprint density at radius 1 is 1.00 bits per heavy atom. The molecule has 152 valence electrons. The van der Waals surface area contributed by atoms with Gasteiger partial charge in [-0.15, -0.1) is 0 Å². The molecule has 3 aromatic rings. The number of carbonyl (C=O) groups excluding carboxylic acids is 2. The highest BCUT2D eigenvalue weighted by molar-refractivity contribution is 6.08. The van der Waals surface area contributed by atoms with Crippen LogP contribution in [0, 0.1) is 21.7 Å². The summed E-state index contributed by atoms with van der Waals surface area (Å²) in [6.07, 6.45) is 0. The molecule has 0 bridgehead atoms. The first-order chi connectivity index (χ1) is 14.3. The number of nitro benzene ring substituents is 1. The van der Waals surface area contributed by atoms with Crippen molar-refractivity contribution >= 4 is 23.3 Å². The van der Waals surface area contributed by atoms with Gasteiger partial charge < -0.3 is 10.1 Å². The Hall–Kier alpha value is -4.14. The highest BCUT2D eigenvalue weighted by Crippen LogP contribution is 2.24. The van der Waals surface area contributed by atoms with Crippen LogP contribution in [0.25, 0.3) is 0 Å². The molecular weight excluding hydrogens is 398 g/mol. The molecule has 0 saturated carbocycles. The number of halogens is 2. The summed E-state index contributed by atoms with van der Waals surface area (Å²) in [6.45, 7) is -0.306. The topological polar surface area (TPSA) is 98.5 Å². The highest BCUT2D eigenvalue weighted by Gasteiger charge is 2.22. The Labute approximate surface area is 169 Å². The van der Waals surface area contributed by atoms with Crippen molar-refractivity contribution in [3.8, 4) is 0 Å². The lowest BCUT2D eigenvalue weighted by Gasteiger charge is -2.12. The first-order valence-corrected chi connectivity index (χ1v) is 8.61. The molecule has 1 amide bonds. The van der Waals surface area contributed by atoms with Gasteiger partial charge in [0.15, 0.2) is 0 Å². The van der Waals surface area contributed by atoms with Gasteiger partial charge in [-0.05, 0) is 35.9 Å². The highest BCUT2D eigenvalue weighted by atomic mass is 19.1. The van der Waals surface area contributed by atoms with E-state index >= 15 is 0 Å². The second kappa shape index (κ2) is 8.91. The molecule has 0 aliphatic carbocycles. The Morgan fingerprint density at radius 2 is 1.67 bits per heavy atom. The molecule has 9 heteroatoms. The molecule has 0 fully saturated rings. The predicted molar refractivity (Wildman–Crippen MR) is 103 cm³/mol. The molecule has 0 spiro atoms. The van der Waals surface area contributed by atoms with Gasteiger partial charge in [0.05, 0.1) is 10.6 Å². The lowest BCUT2D eigenvalue weighted by Crippen LogP contribution is -2.17. The zero-order valence-corrected chi connectivity index (χ0v) is 15.3. The zero-order chi connectivity index (χ0) is 21.7. The Balaban J connectivity index is 1.79. The fraction of sp³-hybridized carbons (Fsp3) is 0.0476. The summed E-state index contributed by atoms with van der Waals surface area (Å²) in [5, 5.41) is 13.0. The van der Waals surface area contributed by atoms with Crippen molar-refractivity contribution in [1.82, 2.24) is 0 Å². The van der Waals surface area contributed by atoms with Crippen molar-refractivity contribution in [2.75, 3.05) is 5.32 Å². The molecule has 3 aromatic carbocycles. The fourth-order valence-corrected chi connectivity index (χ4v) is 2.60. The van der Waals surface area contributed by atoms with E-state index in [0.717, 1.165) is 6.07 Å². The Bertz CT molecular complexity index is 1100. The van der Waals surface area contributed by atoms with Crippen LogP contribution >= 0.6 is 0 Å². The van der Waals surface area contributed by atoms with Crippen LogP contribution in [0.3, 0.4) is 0 Å². The quantitative estimate of drug-likeness (QED) is 0.366. The van der Waals surface area contributed by atoms with Gasteiger partial charge in [0.1, 0.15) is 23.8 Å². The van der Waals surface area contributed by atoms with E-state index in [2.05, 4.69) is 5.32 Å². The third-order valence-corrected chi connectivity index (χ3v) is 4.06. The van der Waals surface area contributed by atoms with Gasteiger partial charge in [-0.1, -0.05) is 18.2 Å². The second-order valence-electron chi connectivity index (χ2n) is 6.13. The average molecular weight is 412 g/mol. The van der Waals surface area contributed by atoms with E-state index in [1.165, 1.54) is 36.4 Å². The van der Waals surface area contributed by atoms with E-state index in [1.54, 1.807) is 18.2 Å². The van der Waals surface area contributed by atoms with E-state index in [0.29, 0.717) is 11.6 Å². The molecule has 0 atom stereocenters. The number of esters is 1. The molecule has 0 radical (unpaired) electrons. The molecule has 30 heavy (non-hydrogen) atoms. The smallest absolute Gasteiger partial charge is 0.343 e. The lowest BCUT2D eigenvalue weighted by atomic mass is 10.1. The Kier molecular flexibility index (Phi) is 6.11. The number of ether oxygens (including phenoxy) is 1. The van der Waals surface area contributed by atoms with E-state index in [4.69, 9.17) is 4.74 Å². The summed E-state index contributed by atoms with van der Waals surface area (Å²) in [6, 6.07) is 14.4. The lowest BCUT2D eigenvalue weighted by molar-refractivity contribution is -0.384. The van der Waals surface area contributed by atoms with Crippen LogP contribution in [0.2, 0.25) is 0 Å².